The minimum atomic E-state index is 0.0244. The summed E-state index contributed by atoms with van der Waals surface area (Å²) in [6.07, 6.45) is 3.50. The quantitative estimate of drug-likeness (QED) is 0.850. The van der Waals surface area contributed by atoms with Crippen LogP contribution in [-0.4, -0.2) is 41.8 Å². The van der Waals surface area contributed by atoms with E-state index in [0.717, 1.165) is 35.7 Å². The predicted octanol–water partition coefficient (Wildman–Crippen LogP) is 2.36. The molecule has 1 aliphatic rings. The first-order chi connectivity index (χ1) is 10.2. The van der Waals surface area contributed by atoms with Crippen LogP contribution in [0.25, 0.3) is 11.3 Å². The maximum atomic E-state index is 12.2. The lowest BCUT2D eigenvalue weighted by Gasteiger charge is -2.29. The Morgan fingerprint density at radius 2 is 1.90 bits per heavy atom. The van der Waals surface area contributed by atoms with Crippen LogP contribution in [0.5, 0.6) is 0 Å². The van der Waals surface area contributed by atoms with Crippen LogP contribution in [-0.2, 0) is 4.74 Å². The zero-order valence-corrected chi connectivity index (χ0v) is 12.4. The highest BCUT2D eigenvalue weighted by molar-refractivity contribution is 5.88. The molecule has 1 fully saturated rings. The maximum Gasteiger partial charge on any atom is 0.229 e. The fraction of sp³-hybridized carbons (Fsp3) is 0.375. The summed E-state index contributed by atoms with van der Waals surface area (Å²) in [5, 5.41) is 0. The molecule has 5 nitrogen and oxygen atoms in total. The maximum absolute atomic E-state index is 12.2. The van der Waals surface area contributed by atoms with Crippen LogP contribution in [0.2, 0.25) is 0 Å². The van der Waals surface area contributed by atoms with E-state index in [9.17, 15) is 4.79 Å². The van der Waals surface area contributed by atoms with E-state index in [1.54, 1.807) is 23.9 Å². The van der Waals surface area contributed by atoms with Crippen molar-refractivity contribution in [3.05, 3.63) is 36.2 Å². The Balaban J connectivity index is 2.12. The number of carbonyl (C=O) groups excluding carboxylic acids is 1. The molecule has 1 aliphatic heterocycles. The highest BCUT2D eigenvalue weighted by Crippen LogP contribution is 2.31. The van der Waals surface area contributed by atoms with Crippen molar-refractivity contribution in [3.8, 4) is 11.3 Å². The molecular weight excluding hydrogens is 266 g/mol. The summed E-state index contributed by atoms with van der Waals surface area (Å²) >= 11 is 0. The average Bonchev–Trinajstić information content (AvgIpc) is 2.87. The number of hydrogen-bond donors (Lipinski definition) is 0. The predicted molar refractivity (Wildman–Crippen MR) is 81.7 cm³/mol. The number of ether oxygens (including phenoxy) is 1. The molecule has 21 heavy (non-hydrogen) atoms. The largest absolute Gasteiger partial charge is 0.378 e. The summed E-state index contributed by atoms with van der Waals surface area (Å²) in [4.78, 5) is 18.5. The topological polar surface area (TPSA) is 47.4 Å². The Kier molecular flexibility index (Phi) is 3.75. The van der Waals surface area contributed by atoms with E-state index in [1.165, 1.54) is 0 Å². The molecule has 1 saturated heterocycles. The average molecular weight is 285 g/mol. The highest BCUT2D eigenvalue weighted by atomic mass is 16.5. The lowest BCUT2D eigenvalue weighted by Crippen LogP contribution is -2.38. The summed E-state index contributed by atoms with van der Waals surface area (Å²) in [6.45, 7) is 6.67. The lowest BCUT2D eigenvalue weighted by atomic mass is 10.1. The molecule has 0 bridgehead atoms. The van der Waals surface area contributed by atoms with Gasteiger partial charge in [0.2, 0.25) is 5.91 Å². The molecule has 0 N–H and O–H groups in total. The van der Waals surface area contributed by atoms with Gasteiger partial charge in [-0.05, 0) is 30.7 Å². The molecule has 3 heterocycles. The normalized spacial score (nSPS) is 15.2. The van der Waals surface area contributed by atoms with Gasteiger partial charge < -0.3 is 9.64 Å². The van der Waals surface area contributed by atoms with Gasteiger partial charge >= 0.3 is 0 Å². The van der Waals surface area contributed by atoms with Gasteiger partial charge in [0, 0.05) is 38.0 Å². The van der Waals surface area contributed by atoms with Crippen LogP contribution in [0.1, 0.15) is 17.3 Å². The number of nitrogens with zero attached hydrogens (tertiary/aromatic N) is 3. The van der Waals surface area contributed by atoms with Gasteiger partial charge in [-0.2, -0.15) is 0 Å². The number of aryl methyl sites for hydroxylation is 1. The SMILES string of the molecule is CC(=O)n1c(N2CCOCC2)cc(C)c1-c1ccncc1. The van der Waals surface area contributed by atoms with Gasteiger partial charge in [0.15, 0.2) is 0 Å². The van der Waals surface area contributed by atoms with Crippen molar-refractivity contribution in [3.63, 3.8) is 0 Å². The summed E-state index contributed by atoms with van der Waals surface area (Å²) in [7, 11) is 0. The van der Waals surface area contributed by atoms with Crippen molar-refractivity contribution >= 4 is 11.7 Å². The van der Waals surface area contributed by atoms with Gasteiger partial charge in [-0.3, -0.25) is 14.3 Å². The molecular formula is C16H19N3O2. The second kappa shape index (κ2) is 5.69. The molecule has 2 aromatic rings. The molecule has 0 amide bonds. The van der Waals surface area contributed by atoms with E-state index in [-0.39, 0.29) is 5.91 Å². The van der Waals surface area contributed by atoms with Gasteiger partial charge in [0.1, 0.15) is 5.82 Å². The van der Waals surface area contributed by atoms with Crippen LogP contribution in [0.3, 0.4) is 0 Å². The summed E-state index contributed by atoms with van der Waals surface area (Å²) in [5.41, 5.74) is 3.06. The van der Waals surface area contributed by atoms with Crippen molar-refractivity contribution in [2.75, 3.05) is 31.2 Å². The minimum Gasteiger partial charge on any atom is -0.378 e. The van der Waals surface area contributed by atoms with Gasteiger partial charge in [-0.25, -0.2) is 0 Å². The van der Waals surface area contributed by atoms with E-state index in [2.05, 4.69) is 16.0 Å². The zero-order valence-electron chi connectivity index (χ0n) is 12.4. The third-order valence-corrected chi connectivity index (χ3v) is 3.78. The number of aromatic nitrogens is 2. The summed E-state index contributed by atoms with van der Waals surface area (Å²) in [6, 6.07) is 5.96. The standard InChI is InChI=1S/C16H19N3O2/c1-12-11-15(18-7-9-21-10-8-18)19(13(2)20)16(12)14-3-5-17-6-4-14/h3-6,11H,7-10H2,1-2H3. The zero-order chi connectivity index (χ0) is 14.8. The molecule has 3 rings (SSSR count). The van der Waals surface area contributed by atoms with Crippen LogP contribution in [0, 0.1) is 6.92 Å². The second-order valence-electron chi connectivity index (χ2n) is 5.22. The molecule has 0 radical (unpaired) electrons. The van der Waals surface area contributed by atoms with Gasteiger partial charge in [0.05, 0.1) is 18.9 Å². The Labute approximate surface area is 124 Å². The van der Waals surface area contributed by atoms with Gasteiger partial charge in [-0.15, -0.1) is 0 Å². The molecule has 0 aromatic carbocycles. The Bertz CT molecular complexity index is 643. The molecule has 2 aromatic heterocycles. The Morgan fingerprint density at radius 3 is 2.52 bits per heavy atom. The molecule has 0 atom stereocenters. The van der Waals surface area contributed by atoms with Crippen LogP contribution >= 0.6 is 0 Å². The number of morpholine rings is 1. The van der Waals surface area contributed by atoms with Gasteiger partial charge in [-0.1, -0.05) is 0 Å². The Hall–Kier alpha value is -2.14. The number of anilines is 1. The van der Waals surface area contributed by atoms with Crippen molar-refractivity contribution in [1.29, 1.82) is 0 Å². The summed E-state index contributed by atoms with van der Waals surface area (Å²) in [5.74, 6) is 0.978. The van der Waals surface area contributed by atoms with E-state index in [1.807, 2.05) is 19.1 Å². The monoisotopic (exact) mass is 285 g/mol. The van der Waals surface area contributed by atoms with Crippen LogP contribution < -0.4 is 4.90 Å². The second-order valence-corrected chi connectivity index (χ2v) is 5.22. The van der Waals surface area contributed by atoms with Crippen LogP contribution in [0.4, 0.5) is 5.82 Å². The fourth-order valence-electron chi connectivity index (χ4n) is 2.83. The van der Waals surface area contributed by atoms with Crippen molar-refractivity contribution in [1.82, 2.24) is 9.55 Å². The molecule has 0 spiro atoms. The van der Waals surface area contributed by atoms with Crippen LogP contribution in [0.15, 0.2) is 30.6 Å². The number of hydrogen-bond acceptors (Lipinski definition) is 4. The van der Waals surface area contributed by atoms with E-state index in [4.69, 9.17) is 4.74 Å². The van der Waals surface area contributed by atoms with Crippen molar-refractivity contribution in [2.45, 2.75) is 13.8 Å². The highest BCUT2D eigenvalue weighted by Gasteiger charge is 2.22. The first-order valence-corrected chi connectivity index (χ1v) is 7.15. The smallest absolute Gasteiger partial charge is 0.229 e. The van der Waals surface area contributed by atoms with E-state index < -0.39 is 0 Å². The lowest BCUT2D eigenvalue weighted by molar-refractivity contribution is 0.0935. The number of pyridine rings is 1. The number of rotatable bonds is 2. The van der Waals surface area contributed by atoms with E-state index in [0.29, 0.717) is 13.2 Å². The third kappa shape index (κ3) is 2.56. The number of carbonyl (C=O) groups is 1. The molecule has 0 aliphatic carbocycles. The van der Waals surface area contributed by atoms with Crippen molar-refractivity contribution in [2.24, 2.45) is 0 Å². The molecule has 5 heteroatoms. The molecule has 0 unspecified atom stereocenters. The minimum absolute atomic E-state index is 0.0244. The van der Waals surface area contributed by atoms with Gasteiger partial charge in [0.25, 0.3) is 0 Å². The molecule has 110 valence electrons. The fourth-order valence-corrected chi connectivity index (χ4v) is 2.83. The Morgan fingerprint density at radius 1 is 1.24 bits per heavy atom. The molecule has 0 saturated carbocycles. The van der Waals surface area contributed by atoms with Crippen molar-refractivity contribution < 1.29 is 9.53 Å². The first-order valence-electron chi connectivity index (χ1n) is 7.15. The third-order valence-electron chi connectivity index (χ3n) is 3.78. The first kappa shape index (κ1) is 13.8. The summed E-state index contributed by atoms with van der Waals surface area (Å²) < 4.78 is 7.20. The van der Waals surface area contributed by atoms with E-state index >= 15 is 0 Å².